The first-order valence-corrected chi connectivity index (χ1v) is 10.1. The Morgan fingerprint density at radius 1 is 1.04 bits per heavy atom. The Kier molecular flexibility index (Phi) is 4.51. The van der Waals surface area contributed by atoms with E-state index in [0.717, 1.165) is 26.0 Å². The maximum atomic E-state index is 6.56. The fourth-order valence-electron chi connectivity index (χ4n) is 5.07. The lowest BCUT2D eigenvalue weighted by atomic mass is 9.69. The molecule has 4 rings (SSSR count). The summed E-state index contributed by atoms with van der Waals surface area (Å²) in [7, 11) is 4.14. The molecule has 2 aromatic rings. The van der Waals surface area contributed by atoms with Crippen molar-refractivity contribution in [3.8, 4) is 0 Å². The molecule has 0 N–H and O–H groups in total. The van der Waals surface area contributed by atoms with E-state index in [1.54, 1.807) is 0 Å². The van der Waals surface area contributed by atoms with Crippen molar-refractivity contribution >= 4 is 17.5 Å². The second-order valence-corrected chi connectivity index (χ2v) is 7.82. The summed E-state index contributed by atoms with van der Waals surface area (Å²) in [6.45, 7) is 6.32. The zero-order chi connectivity index (χ0) is 19.1. The van der Waals surface area contributed by atoms with Gasteiger partial charge in [0.05, 0.1) is 6.61 Å². The van der Waals surface area contributed by atoms with Crippen LogP contribution in [0.2, 0.25) is 0 Å². The fraction of sp³-hybridized carbons (Fsp3) is 0.417. The Balaban J connectivity index is 1.77. The van der Waals surface area contributed by atoms with Crippen LogP contribution in [-0.2, 0) is 10.2 Å². The average molecular weight is 363 g/mol. The Labute approximate surface area is 163 Å². The lowest BCUT2D eigenvalue weighted by Crippen LogP contribution is -2.54. The maximum Gasteiger partial charge on any atom is 0.170 e. The number of hydrogen-bond donors (Lipinski definition) is 0. The van der Waals surface area contributed by atoms with Crippen molar-refractivity contribution in [1.82, 2.24) is 0 Å². The number of benzene rings is 2. The normalized spacial score (nSPS) is 22.9. The molecule has 0 bridgehead atoms. The van der Waals surface area contributed by atoms with Crippen LogP contribution in [0.3, 0.4) is 0 Å². The van der Waals surface area contributed by atoms with Crippen molar-refractivity contribution in [3.63, 3.8) is 0 Å². The molecule has 2 aromatic carbocycles. The molecule has 0 saturated carbocycles. The van der Waals surface area contributed by atoms with E-state index in [0.29, 0.717) is 0 Å². The lowest BCUT2D eigenvalue weighted by molar-refractivity contribution is -0.0171. The van der Waals surface area contributed by atoms with Gasteiger partial charge in [-0.25, -0.2) is 0 Å². The van der Waals surface area contributed by atoms with Crippen LogP contribution < -0.4 is 9.80 Å². The first kappa shape index (κ1) is 18.1. The van der Waals surface area contributed by atoms with Crippen LogP contribution in [0.15, 0.2) is 54.6 Å². The van der Waals surface area contributed by atoms with E-state index >= 15 is 0 Å². The molecule has 3 heteroatoms. The molecule has 0 amide bonds. The highest BCUT2D eigenvalue weighted by Gasteiger charge is 2.61. The van der Waals surface area contributed by atoms with E-state index in [4.69, 9.17) is 4.74 Å². The SMILES string of the molecule is CCC1(CC)c2ccccc2N2CCOC21/C=C/c1ccc(N(C)C)cc1. The number of rotatable bonds is 5. The number of nitrogens with zero attached hydrogens (tertiary/aromatic N) is 2. The highest BCUT2D eigenvalue weighted by Crippen LogP contribution is 2.58. The zero-order valence-electron chi connectivity index (χ0n) is 16.9. The summed E-state index contributed by atoms with van der Waals surface area (Å²) in [5, 5.41) is 0. The van der Waals surface area contributed by atoms with E-state index < -0.39 is 0 Å². The van der Waals surface area contributed by atoms with E-state index in [9.17, 15) is 0 Å². The van der Waals surface area contributed by atoms with Crippen molar-refractivity contribution in [2.45, 2.75) is 37.8 Å². The van der Waals surface area contributed by atoms with Crippen LogP contribution >= 0.6 is 0 Å². The minimum Gasteiger partial charge on any atom is -0.378 e. The standard InChI is InChI=1S/C24H30N2O/c1-5-23(6-2)21-9-7-8-10-22(21)26-17-18-27-24(23,26)16-15-19-11-13-20(14-12-19)25(3)4/h7-16H,5-6,17-18H2,1-4H3/b16-15+. The molecule has 1 saturated heterocycles. The summed E-state index contributed by atoms with van der Waals surface area (Å²) in [5.41, 5.74) is 4.80. The largest absolute Gasteiger partial charge is 0.378 e. The predicted octanol–water partition coefficient (Wildman–Crippen LogP) is 5.07. The Morgan fingerprint density at radius 3 is 2.41 bits per heavy atom. The third-order valence-electron chi connectivity index (χ3n) is 6.55. The van der Waals surface area contributed by atoms with Crippen molar-refractivity contribution in [2.24, 2.45) is 0 Å². The molecule has 1 unspecified atom stereocenters. The monoisotopic (exact) mass is 362 g/mol. The van der Waals surface area contributed by atoms with Gasteiger partial charge < -0.3 is 14.5 Å². The van der Waals surface area contributed by atoms with Gasteiger partial charge in [-0.1, -0.05) is 50.3 Å². The number of fused-ring (bicyclic) bond motifs is 3. The van der Waals surface area contributed by atoms with E-state index in [-0.39, 0.29) is 11.1 Å². The summed E-state index contributed by atoms with van der Waals surface area (Å²) < 4.78 is 6.56. The predicted molar refractivity (Wildman–Crippen MR) is 115 cm³/mol. The van der Waals surface area contributed by atoms with Crippen LogP contribution in [0.25, 0.3) is 6.08 Å². The molecule has 1 fully saturated rings. The number of hydrogen-bond acceptors (Lipinski definition) is 3. The molecule has 27 heavy (non-hydrogen) atoms. The van der Waals surface area contributed by atoms with Gasteiger partial charge in [-0.2, -0.15) is 0 Å². The molecule has 142 valence electrons. The quantitative estimate of drug-likeness (QED) is 0.738. The van der Waals surface area contributed by atoms with Gasteiger partial charge in [0.15, 0.2) is 5.72 Å². The van der Waals surface area contributed by atoms with Crippen LogP contribution in [-0.4, -0.2) is 33.0 Å². The summed E-state index contributed by atoms with van der Waals surface area (Å²) >= 11 is 0. The van der Waals surface area contributed by atoms with Gasteiger partial charge in [0, 0.05) is 37.4 Å². The Bertz CT molecular complexity index is 836. The molecule has 2 aliphatic rings. The van der Waals surface area contributed by atoms with Crippen LogP contribution in [0.4, 0.5) is 11.4 Å². The number of anilines is 2. The molecular weight excluding hydrogens is 332 g/mol. The molecule has 1 atom stereocenters. The van der Waals surface area contributed by atoms with Crippen LogP contribution in [0, 0.1) is 0 Å². The van der Waals surface area contributed by atoms with E-state index in [1.807, 2.05) is 0 Å². The molecule has 0 spiro atoms. The van der Waals surface area contributed by atoms with Gasteiger partial charge in [-0.3, -0.25) is 0 Å². The molecule has 2 heterocycles. The van der Waals surface area contributed by atoms with Gasteiger partial charge in [0.1, 0.15) is 0 Å². The van der Waals surface area contributed by atoms with Crippen molar-refractivity contribution in [3.05, 3.63) is 65.7 Å². The highest BCUT2D eigenvalue weighted by molar-refractivity contribution is 5.70. The smallest absolute Gasteiger partial charge is 0.170 e. The molecule has 0 radical (unpaired) electrons. The maximum absolute atomic E-state index is 6.56. The molecule has 0 aliphatic carbocycles. The molecule has 0 aromatic heterocycles. The molecular formula is C24H30N2O. The van der Waals surface area contributed by atoms with Gasteiger partial charge in [-0.15, -0.1) is 0 Å². The molecule has 2 aliphatic heterocycles. The summed E-state index contributed by atoms with van der Waals surface area (Å²) in [4.78, 5) is 4.61. The third kappa shape index (κ3) is 2.52. The van der Waals surface area contributed by atoms with Crippen LogP contribution in [0.5, 0.6) is 0 Å². The van der Waals surface area contributed by atoms with Crippen molar-refractivity contribution in [1.29, 1.82) is 0 Å². The Hall–Kier alpha value is -2.26. The average Bonchev–Trinajstić information content (AvgIpc) is 3.22. The summed E-state index contributed by atoms with van der Waals surface area (Å²) in [6.07, 6.45) is 6.67. The molecule has 3 nitrogen and oxygen atoms in total. The topological polar surface area (TPSA) is 15.7 Å². The fourth-order valence-corrected chi connectivity index (χ4v) is 5.07. The zero-order valence-corrected chi connectivity index (χ0v) is 16.9. The van der Waals surface area contributed by atoms with Gasteiger partial charge >= 0.3 is 0 Å². The van der Waals surface area contributed by atoms with Crippen molar-refractivity contribution < 1.29 is 4.74 Å². The second kappa shape index (κ2) is 6.72. The van der Waals surface area contributed by atoms with Crippen LogP contribution in [0.1, 0.15) is 37.8 Å². The van der Waals surface area contributed by atoms with Crippen molar-refractivity contribution in [2.75, 3.05) is 37.0 Å². The Morgan fingerprint density at radius 2 is 1.74 bits per heavy atom. The summed E-state index contributed by atoms with van der Waals surface area (Å²) in [6, 6.07) is 17.6. The van der Waals surface area contributed by atoms with Gasteiger partial charge in [0.25, 0.3) is 0 Å². The van der Waals surface area contributed by atoms with E-state index in [2.05, 4.69) is 98.4 Å². The first-order valence-electron chi connectivity index (χ1n) is 10.1. The van der Waals surface area contributed by atoms with E-state index in [1.165, 1.54) is 22.5 Å². The highest BCUT2D eigenvalue weighted by atomic mass is 16.5. The second-order valence-electron chi connectivity index (χ2n) is 7.82. The third-order valence-corrected chi connectivity index (χ3v) is 6.55. The minimum absolute atomic E-state index is 0.0137. The lowest BCUT2D eigenvalue weighted by Gasteiger charge is -2.43. The first-order chi connectivity index (χ1) is 13.1. The minimum atomic E-state index is -0.388. The van der Waals surface area contributed by atoms with Gasteiger partial charge in [0.2, 0.25) is 0 Å². The number of para-hydroxylation sites is 1. The number of ether oxygens (including phenoxy) is 1. The van der Waals surface area contributed by atoms with Gasteiger partial charge in [-0.05, 0) is 48.2 Å². The summed E-state index contributed by atoms with van der Waals surface area (Å²) in [5.74, 6) is 0.